The zero-order valence-corrected chi connectivity index (χ0v) is 11.4. The van der Waals surface area contributed by atoms with Crippen LogP contribution in [0.3, 0.4) is 0 Å². The molecule has 1 rings (SSSR count). The van der Waals surface area contributed by atoms with Gasteiger partial charge in [0.1, 0.15) is 0 Å². The van der Waals surface area contributed by atoms with E-state index in [1.807, 2.05) is 0 Å². The van der Waals surface area contributed by atoms with Crippen molar-refractivity contribution in [3.8, 4) is 0 Å². The maximum Gasteiger partial charge on any atom is 0.231 e. The van der Waals surface area contributed by atoms with Crippen LogP contribution in [0.4, 0.5) is 0 Å². The highest BCUT2D eigenvalue weighted by atomic mass is 16.5. The molecule has 0 radical (unpaired) electrons. The molecular weight excluding hydrogens is 214 g/mol. The number of nitrogens with two attached hydrogens (primary N) is 1. The smallest absolute Gasteiger partial charge is 0.231 e. The van der Waals surface area contributed by atoms with Crippen LogP contribution in [0.5, 0.6) is 0 Å². The Morgan fingerprint density at radius 1 is 1.18 bits per heavy atom. The lowest BCUT2D eigenvalue weighted by Gasteiger charge is -2.11. The van der Waals surface area contributed by atoms with Gasteiger partial charge in [0.15, 0.2) is 5.82 Å². The Morgan fingerprint density at radius 2 is 1.88 bits per heavy atom. The summed E-state index contributed by atoms with van der Waals surface area (Å²) in [4.78, 5) is 4.45. The molecular formula is C13H25N3O. The van der Waals surface area contributed by atoms with Crippen molar-refractivity contribution in [1.82, 2.24) is 10.1 Å². The van der Waals surface area contributed by atoms with Crippen LogP contribution in [0, 0.1) is 11.8 Å². The first-order valence-corrected chi connectivity index (χ1v) is 6.55. The van der Waals surface area contributed by atoms with Crippen LogP contribution in [-0.2, 0) is 6.42 Å². The summed E-state index contributed by atoms with van der Waals surface area (Å²) in [6.45, 7) is 9.33. The van der Waals surface area contributed by atoms with Gasteiger partial charge >= 0.3 is 0 Å². The Morgan fingerprint density at radius 3 is 2.41 bits per heavy atom. The van der Waals surface area contributed by atoms with Gasteiger partial charge in [0, 0.05) is 13.0 Å². The molecule has 1 aromatic heterocycles. The van der Waals surface area contributed by atoms with E-state index >= 15 is 0 Å². The second-order valence-electron chi connectivity index (χ2n) is 5.54. The summed E-state index contributed by atoms with van der Waals surface area (Å²) in [7, 11) is 0. The van der Waals surface area contributed by atoms with Gasteiger partial charge in [-0.2, -0.15) is 4.98 Å². The normalized spacial score (nSPS) is 13.6. The van der Waals surface area contributed by atoms with Crippen LogP contribution in [0.1, 0.15) is 58.2 Å². The van der Waals surface area contributed by atoms with Gasteiger partial charge < -0.3 is 10.3 Å². The second kappa shape index (κ2) is 6.74. The van der Waals surface area contributed by atoms with E-state index < -0.39 is 0 Å². The fourth-order valence-corrected chi connectivity index (χ4v) is 1.82. The summed E-state index contributed by atoms with van der Waals surface area (Å²) in [6.07, 6.45) is 2.99. The molecule has 4 heteroatoms. The van der Waals surface area contributed by atoms with Crippen LogP contribution < -0.4 is 5.73 Å². The molecule has 1 aromatic rings. The minimum Gasteiger partial charge on any atom is -0.339 e. The van der Waals surface area contributed by atoms with E-state index in [-0.39, 0.29) is 5.92 Å². The van der Waals surface area contributed by atoms with Crippen LogP contribution >= 0.6 is 0 Å². The van der Waals surface area contributed by atoms with Crippen LogP contribution in [0.2, 0.25) is 0 Å². The van der Waals surface area contributed by atoms with E-state index in [9.17, 15) is 0 Å². The maximum absolute atomic E-state index is 5.76. The zero-order valence-electron chi connectivity index (χ0n) is 11.4. The number of hydrogen-bond donors (Lipinski definition) is 1. The molecule has 0 bridgehead atoms. The largest absolute Gasteiger partial charge is 0.339 e. The van der Waals surface area contributed by atoms with Gasteiger partial charge in [0.25, 0.3) is 0 Å². The molecule has 0 aromatic carbocycles. The fraction of sp³-hybridized carbons (Fsp3) is 0.846. The minimum atomic E-state index is 0.204. The number of hydrogen-bond acceptors (Lipinski definition) is 4. The molecule has 4 nitrogen and oxygen atoms in total. The zero-order chi connectivity index (χ0) is 12.8. The monoisotopic (exact) mass is 239 g/mol. The van der Waals surface area contributed by atoms with Gasteiger partial charge in [0.2, 0.25) is 5.89 Å². The van der Waals surface area contributed by atoms with E-state index in [4.69, 9.17) is 10.3 Å². The van der Waals surface area contributed by atoms with Gasteiger partial charge in [-0.15, -0.1) is 0 Å². The maximum atomic E-state index is 5.76. The van der Waals surface area contributed by atoms with Gasteiger partial charge in [-0.3, -0.25) is 0 Å². The Bertz CT molecular complexity index is 320. The minimum absolute atomic E-state index is 0.204. The van der Waals surface area contributed by atoms with Crippen molar-refractivity contribution in [1.29, 1.82) is 0 Å². The van der Waals surface area contributed by atoms with E-state index in [2.05, 4.69) is 37.8 Å². The van der Waals surface area contributed by atoms with E-state index in [0.29, 0.717) is 24.3 Å². The van der Waals surface area contributed by atoms with Crippen LogP contribution in [0.25, 0.3) is 0 Å². The molecule has 1 atom stereocenters. The predicted molar refractivity (Wildman–Crippen MR) is 68.7 cm³/mol. The SMILES string of the molecule is CC(C)CCc1noc(C(CN)CC(C)C)n1. The highest BCUT2D eigenvalue weighted by Gasteiger charge is 2.18. The highest BCUT2D eigenvalue weighted by Crippen LogP contribution is 2.21. The van der Waals surface area contributed by atoms with Crippen molar-refractivity contribution in [2.24, 2.45) is 17.6 Å². The first-order chi connectivity index (χ1) is 8.02. The summed E-state index contributed by atoms with van der Waals surface area (Å²) in [6, 6.07) is 0. The molecule has 0 aliphatic rings. The van der Waals surface area contributed by atoms with Crippen molar-refractivity contribution in [3.63, 3.8) is 0 Å². The summed E-state index contributed by atoms with van der Waals surface area (Å²) in [5.74, 6) is 2.98. The molecule has 98 valence electrons. The predicted octanol–water partition coefficient (Wildman–Crippen LogP) is 2.75. The Kier molecular flexibility index (Phi) is 5.62. The number of aryl methyl sites for hydroxylation is 1. The molecule has 0 aliphatic heterocycles. The van der Waals surface area contributed by atoms with Gasteiger partial charge in [0.05, 0.1) is 5.92 Å². The van der Waals surface area contributed by atoms with E-state index in [1.165, 1.54) is 0 Å². The molecule has 0 spiro atoms. The average molecular weight is 239 g/mol. The van der Waals surface area contributed by atoms with Crippen molar-refractivity contribution < 1.29 is 4.52 Å². The second-order valence-corrected chi connectivity index (χ2v) is 5.54. The van der Waals surface area contributed by atoms with Crippen molar-refractivity contribution in [2.45, 2.75) is 52.9 Å². The third-order valence-electron chi connectivity index (χ3n) is 2.82. The molecule has 1 unspecified atom stereocenters. The Labute approximate surface area is 104 Å². The standard InChI is InChI=1S/C13H25N3O/c1-9(2)5-6-12-15-13(17-16-12)11(8-14)7-10(3)4/h9-11H,5-8,14H2,1-4H3. The topological polar surface area (TPSA) is 64.9 Å². The highest BCUT2D eigenvalue weighted by molar-refractivity contribution is 4.95. The lowest BCUT2D eigenvalue weighted by atomic mass is 9.97. The van der Waals surface area contributed by atoms with Gasteiger partial charge in [-0.1, -0.05) is 32.9 Å². The summed E-state index contributed by atoms with van der Waals surface area (Å²) < 4.78 is 5.31. The lowest BCUT2D eigenvalue weighted by Crippen LogP contribution is -2.15. The van der Waals surface area contributed by atoms with E-state index in [0.717, 1.165) is 25.1 Å². The molecule has 0 amide bonds. The molecule has 17 heavy (non-hydrogen) atoms. The Hall–Kier alpha value is -0.900. The molecule has 1 heterocycles. The van der Waals surface area contributed by atoms with E-state index in [1.54, 1.807) is 0 Å². The van der Waals surface area contributed by atoms with Crippen molar-refractivity contribution in [3.05, 3.63) is 11.7 Å². The van der Waals surface area contributed by atoms with Crippen molar-refractivity contribution in [2.75, 3.05) is 6.54 Å². The molecule has 0 saturated carbocycles. The molecule has 0 aliphatic carbocycles. The third kappa shape index (κ3) is 4.86. The first-order valence-electron chi connectivity index (χ1n) is 6.55. The number of aromatic nitrogens is 2. The fourth-order valence-electron chi connectivity index (χ4n) is 1.82. The number of rotatable bonds is 7. The quantitative estimate of drug-likeness (QED) is 0.794. The molecule has 0 fully saturated rings. The van der Waals surface area contributed by atoms with Crippen molar-refractivity contribution >= 4 is 0 Å². The van der Waals surface area contributed by atoms with Crippen LogP contribution in [0.15, 0.2) is 4.52 Å². The third-order valence-corrected chi connectivity index (χ3v) is 2.82. The van der Waals surface area contributed by atoms with Gasteiger partial charge in [-0.05, 0) is 24.7 Å². The summed E-state index contributed by atoms with van der Waals surface area (Å²) in [5, 5.41) is 4.02. The Balaban J connectivity index is 2.58. The number of nitrogens with zero attached hydrogens (tertiary/aromatic N) is 2. The first kappa shape index (κ1) is 14.2. The summed E-state index contributed by atoms with van der Waals surface area (Å²) in [5.41, 5.74) is 5.76. The average Bonchev–Trinajstić information content (AvgIpc) is 2.71. The lowest BCUT2D eigenvalue weighted by molar-refractivity contribution is 0.331. The summed E-state index contributed by atoms with van der Waals surface area (Å²) >= 11 is 0. The van der Waals surface area contributed by atoms with Crippen LogP contribution in [-0.4, -0.2) is 16.7 Å². The van der Waals surface area contributed by atoms with Gasteiger partial charge in [-0.25, -0.2) is 0 Å². The molecule has 2 N–H and O–H groups in total. The molecule has 0 saturated heterocycles.